The summed E-state index contributed by atoms with van der Waals surface area (Å²) in [5.41, 5.74) is 11.5. The predicted octanol–water partition coefficient (Wildman–Crippen LogP) is 13.7. The summed E-state index contributed by atoms with van der Waals surface area (Å²) in [7, 11) is 0. The van der Waals surface area contributed by atoms with Crippen molar-refractivity contribution in [3.8, 4) is 44.5 Å². The Bertz CT molecular complexity index is 2870. The van der Waals surface area contributed by atoms with Crippen LogP contribution in [0.1, 0.15) is 0 Å². The Morgan fingerprint density at radius 3 is 1.57 bits per heavy atom. The number of hydrogen-bond donors (Lipinski definition) is 0. The van der Waals surface area contributed by atoms with Gasteiger partial charge < -0.3 is 4.42 Å². The van der Waals surface area contributed by atoms with Crippen LogP contribution in [0.2, 0.25) is 0 Å². The van der Waals surface area contributed by atoms with E-state index in [2.05, 4.69) is 170 Å². The van der Waals surface area contributed by atoms with E-state index in [1.54, 1.807) is 0 Å². The Labute approximate surface area is 284 Å². The number of fused-ring (bicyclic) bond motifs is 6. The molecule has 0 bridgehead atoms. The molecule has 9 aromatic carbocycles. The van der Waals surface area contributed by atoms with Gasteiger partial charge in [0.05, 0.1) is 0 Å². The summed E-state index contributed by atoms with van der Waals surface area (Å²) in [6.45, 7) is 0. The van der Waals surface area contributed by atoms with Crippen LogP contribution in [-0.4, -0.2) is 0 Å². The SMILES string of the molecule is c1ccc(-c2cccc3c(-c4ccc5c(c4)oc4ccccc45)c4cccc(-c5cccc(-c6cccc7ccccc67)c5)c4cc23)cc1. The first-order valence-electron chi connectivity index (χ1n) is 16.8. The van der Waals surface area contributed by atoms with E-state index in [-0.39, 0.29) is 0 Å². The van der Waals surface area contributed by atoms with E-state index in [1.807, 2.05) is 12.1 Å². The molecule has 228 valence electrons. The van der Waals surface area contributed by atoms with E-state index in [1.165, 1.54) is 71.3 Å². The molecule has 1 heteroatoms. The Balaban J connectivity index is 1.26. The highest BCUT2D eigenvalue weighted by Crippen LogP contribution is 2.44. The fraction of sp³-hybridized carbons (Fsp3) is 0. The molecular formula is C48H30O. The molecule has 0 amide bonds. The van der Waals surface area contributed by atoms with Gasteiger partial charge in [-0.25, -0.2) is 0 Å². The molecule has 49 heavy (non-hydrogen) atoms. The second-order valence-electron chi connectivity index (χ2n) is 12.8. The first-order valence-corrected chi connectivity index (χ1v) is 16.8. The molecule has 0 saturated carbocycles. The molecule has 1 heterocycles. The van der Waals surface area contributed by atoms with Gasteiger partial charge in [-0.1, -0.05) is 152 Å². The lowest BCUT2D eigenvalue weighted by Crippen LogP contribution is -1.91. The summed E-state index contributed by atoms with van der Waals surface area (Å²) in [5, 5.41) is 9.72. The molecule has 0 saturated heterocycles. The Hall–Kier alpha value is -6.44. The van der Waals surface area contributed by atoms with Crippen molar-refractivity contribution in [1.29, 1.82) is 0 Å². The number of para-hydroxylation sites is 1. The summed E-state index contributed by atoms with van der Waals surface area (Å²) in [5.74, 6) is 0. The van der Waals surface area contributed by atoms with Crippen LogP contribution in [0.4, 0.5) is 0 Å². The maximum absolute atomic E-state index is 6.41. The van der Waals surface area contributed by atoms with Crippen LogP contribution in [-0.2, 0) is 0 Å². The van der Waals surface area contributed by atoms with Gasteiger partial charge in [0.15, 0.2) is 0 Å². The molecule has 0 aliphatic rings. The Morgan fingerprint density at radius 1 is 0.265 bits per heavy atom. The van der Waals surface area contributed by atoms with Crippen molar-refractivity contribution >= 4 is 54.3 Å². The maximum atomic E-state index is 6.41. The Kier molecular flexibility index (Phi) is 6.25. The van der Waals surface area contributed by atoms with Crippen LogP contribution in [0.3, 0.4) is 0 Å². The molecule has 0 N–H and O–H groups in total. The molecule has 0 aliphatic carbocycles. The van der Waals surface area contributed by atoms with Gasteiger partial charge in [-0.15, -0.1) is 0 Å². The standard InChI is InChI=1S/C48H30O/c1-2-12-31(13-3-1)37-21-10-23-42-44(37)30-45-39(34-17-8-16-33(28-34)38-20-9-15-32-14-4-5-18-36(32)38)22-11-24-43(45)48(42)35-26-27-41-40-19-6-7-25-46(40)49-47(41)29-35/h1-30H. The van der Waals surface area contributed by atoms with E-state index < -0.39 is 0 Å². The lowest BCUT2D eigenvalue weighted by atomic mass is 9.86. The van der Waals surface area contributed by atoms with Gasteiger partial charge >= 0.3 is 0 Å². The molecular weight excluding hydrogens is 593 g/mol. The molecule has 0 atom stereocenters. The van der Waals surface area contributed by atoms with Gasteiger partial charge in [0.1, 0.15) is 11.2 Å². The Morgan fingerprint density at radius 2 is 0.796 bits per heavy atom. The molecule has 0 spiro atoms. The van der Waals surface area contributed by atoms with Crippen molar-refractivity contribution in [2.75, 3.05) is 0 Å². The molecule has 1 nitrogen and oxygen atoms in total. The van der Waals surface area contributed by atoms with Crippen LogP contribution in [0.15, 0.2) is 186 Å². The monoisotopic (exact) mass is 622 g/mol. The average Bonchev–Trinajstić information content (AvgIpc) is 3.54. The average molecular weight is 623 g/mol. The molecule has 0 aliphatic heterocycles. The topological polar surface area (TPSA) is 13.1 Å². The third-order valence-corrected chi connectivity index (χ3v) is 10.1. The van der Waals surface area contributed by atoms with Gasteiger partial charge in [0, 0.05) is 10.8 Å². The quantitative estimate of drug-likeness (QED) is 0.178. The second-order valence-corrected chi connectivity index (χ2v) is 12.8. The van der Waals surface area contributed by atoms with E-state index in [4.69, 9.17) is 4.42 Å². The summed E-state index contributed by atoms with van der Waals surface area (Å²) in [4.78, 5) is 0. The zero-order chi connectivity index (χ0) is 32.3. The van der Waals surface area contributed by atoms with Gasteiger partial charge in [0.25, 0.3) is 0 Å². The third kappa shape index (κ3) is 4.47. The predicted molar refractivity (Wildman–Crippen MR) is 208 cm³/mol. The van der Waals surface area contributed by atoms with Crippen molar-refractivity contribution in [2.24, 2.45) is 0 Å². The molecule has 0 fully saturated rings. The fourth-order valence-electron chi connectivity index (χ4n) is 7.81. The van der Waals surface area contributed by atoms with E-state index in [0.29, 0.717) is 0 Å². The summed E-state index contributed by atoms with van der Waals surface area (Å²) in [6.07, 6.45) is 0. The molecule has 0 unspecified atom stereocenters. The van der Waals surface area contributed by atoms with Crippen molar-refractivity contribution in [1.82, 2.24) is 0 Å². The number of furan rings is 1. The van der Waals surface area contributed by atoms with E-state index in [0.717, 1.165) is 27.5 Å². The van der Waals surface area contributed by atoms with Crippen molar-refractivity contribution in [3.05, 3.63) is 182 Å². The highest BCUT2D eigenvalue weighted by Gasteiger charge is 2.18. The summed E-state index contributed by atoms with van der Waals surface area (Å²) >= 11 is 0. The molecule has 0 radical (unpaired) electrons. The third-order valence-electron chi connectivity index (χ3n) is 10.1. The minimum Gasteiger partial charge on any atom is -0.456 e. The first kappa shape index (κ1) is 27.7. The minimum atomic E-state index is 0.905. The van der Waals surface area contributed by atoms with Gasteiger partial charge in [-0.3, -0.25) is 0 Å². The van der Waals surface area contributed by atoms with Gasteiger partial charge in [0.2, 0.25) is 0 Å². The van der Waals surface area contributed by atoms with Crippen LogP contribution in [0.25, 0.3) is 98.8 Å². The van der Waals surface area contributed by atoms with Crippen molar-refractivity contribution in [2.45, 2.75) is 0 Å². The lowest BCUT2D eigenvalue weighted by molar-refractivity contribution is 0.669. The lowest BCUT2D eigenvalue weighted by Gasteiger charge is -2.18. The fourth-order valence-corrected chi connectivity index (χ4v) is 7.81. The highest BCUT2D eigenvalue weighted by atomic mass is 16.3. The number of hydrogen-bond acceptors (Lipinski definition) is 1. The molecule has 10 aromatic rings. The number of rotatable bonds is 4. The minimum absolute atomic E-state index is 0.905. The van der Waals surface area contributed by atoms with Crippen molar-refractivity contribution in [3.63, 3.8) is 0 Å². The van der Waals surface area contributed by atoms with Crippen LogP contribution >= 0.6 is 0 Å². The van der Waals surface area contributed by atoms with Crippen LogP contribution < -0.4 is 0 Å². The van der Waals surface area contributed by atoms with E-state index in [9.17, 15) is 0 Å². The molecule has 1 aromatic heterocycles. The first-order chi connectivity index (χ1) is 24.3. The zero-order valence-electron chi connectivity index (χ0n) is 26.7. The van der Waals surface area contributed by atoms with Gasteiger partial charge in [-0.05, 0) is 107 Å². The normalized spacial score (nSPS) is 11.7. The maximum Gasteiger partial charge on any atom is 0.136 e. The zero-order valence-corrected chi connectivity index (χ0v) is 26.7. The van der Waals surface area contributed by atoms with Gasteiger partial charge in [-0.2, -0.15) is 0 Å². The highest BCUT2D eigenvalue weighted by molar-refractivity contribution is 6.20. The summed E-state index contributed by atoms with van der Waals surface area (Å²) < 4.78 is 6.41. The largest absolute Gasteiger partial charge is 0.456 e. The van der Waals surface area contributed by atoms with Crippen LogP contribution in [0.5, 0.6) is 0 Å². The summed E-state index contributed by atoms with van der Waals surface area (Å²) in [6, 6.07) is 65.9. The number of benzene rings is 9. The smallest absolute Gasteiger partial charge is 0.136 e. The van der Waals surface area contributed by atoms with Crippen molar-refractivity contribution < 1.29 is 4.42 Å². The molecule has 10 rings (SSSR count). The van der Waals surface area contributed by atoms with E-state index >= 15 is 0 Å². The second kappa shape index (κ2) is 11.1. The van der Waals surface area contributed by atoms with Crippen LogP contribution in [0, 0.1) is 0 Å².